The molecule has 9 heteroatoms. The lowest BCUT2D eigenvalue weighted by Gasteiger charge is -2.13. The zero-order valence-corrected chi connectivity index (χ0v) is 20.3. The van der Waals surface area contributed by atoms with Crippen LogP contribution in [-0.4, -0.2) is 35.9 Å². The lowest BCUT2D eigenvalue weighted by atomic mass is 9.99. The van der Waals surface area contributed by atoms with Gasteiger partial charge in [0.25, 0.3) is 0 Å². The maximum Gasteiger partial charge on any atom is 0.178 e. The molecule has 1 aliphatic rings. The van der Waals surface area contributed by atoms with Gasteiger partial charge in [0.1, 0.15) is 17.2 Å². The standard InChI is InChI=1S/C25H21Cl2FN2O3S/c26-19-11-21-24(23(27)22(19)17-3-1-2-4-20(17)28)30-25(29-21)18(12-31)15-7-9-16(10-8-15)34(32,33)13-14-5-6-14/h1-4,7-11,14,18,31H,5-6,12-13H2,(H,29,30). The third-order valence-corrected chi connectivity index (χ3v) is 8.70. The molecule has 1 aromatic heterocycles. The molecule has 0 spiro atoms. The van der Waals surface area contributed by atoms with E-state index in [2.05, 4.69) is 9.97 Å². The molecule has 34 heavy (non-hydrogen) atoms. The molecule has 5 nitrogen and oxygen atoms in total. The van der Waals surface area contributed by atoms with Gasteiger partial charge in [-0.15, -0.1) is 0 Å². The highest BCUT2D eigenvalue weighted by atomic mass is 35.5. The minimum Gasteiger partial charge on any atom is -0.395 e. The molecule has 1 atom stereocenters. The number of sulfone groups is 1. The number of fused-ring (bicyclic) bond motifs is 1. The Labute approximate surface area is 206 Å². The average molecular weight is 519 g/mol. The molecule has 176 valence electrons. The van der Waals surface area contributed by atoms with Crippen molar-refractivity contribution in [3.63, 3.8) is 0 Å². The van der Waals surface area contributed by atoms with Crippen molar-refractivity contribution in [2.75, 3.05) is 12.4 Å². The topological polar surface area (TPSA) is 83.1 Å². The van der Waals surface area contributed by atoms with Crippen LogP contribution in [0.4, 0.5) is 4.39 Å². The summed E-state index contributed by atoms with van der Waals surface area (Å²) in [4.78, 5) is 8.01. The number of hydrogen-bond donors (Lipinski definition) is 2. The molecule has 1 unspecified atom stereocenters. The van der Waals surface area contributed by atoms with Gasteiger partial charge >= 0.3 is 0 Å². The van der Waals surface area contributed by atoms with Crippen LogP contribution in [0.5, 0.6) is 0 Å². The maximum atomic E-state index is 14.4. The van der Waals surface area contributed by atoms with E-state index in [4.69, 9.17) is 23.2 Å². The summed E-state index contributed by atoms with van der Waals surface area (Å²) in [6.45, 7) is -0.264. The number of rotatable bonds is 7. The average Bonchev–Trinajstić information content (AvgIpc) is 3.51. The number of imidazole rings is 1. The second-order valence-corrected chi connectivity index (χ2v) is 11.4. The molecule has 0 saturated heterocycles. The molecule has 3 aromatic carbocycles. The number of aromatic nitrogens is 2. The van der Waals surface area contributed by atoms with Crippen LogP contribution in [0.25, 0.3) is 22.2 Å². The Morgan fingerprint density at radius 3 is 2.47 bits per heavy atom. The Bertz CT molecular complexity index is 1480. The molecule has 1 aliphatic carbocycles. The molecule has 2 N–H and O–H groups in total. The summed E-state index contributed by atoms with van der Waals surface area (Å²) in [6.07, 6.45) is 1.92. The van der Waals surface area contributed by atoms with Gasteiger partial charge < -0.3 is 10.1 Å². The third kappa shape index (κ3) is 4.33. The van der Waals surface area contributed by atoms with Gasteiger partial charge in [0.15, 0.2) is 9.84 Å². The lowest BCUT2D eigenvalue weighted by molar-refractivity contribution is 0.277. The van der Waals surface area contributed by atoms with Crippen molar-refractivity contribution in [1.82, 2.24) is 9.97 Å². The first kappa shape index (κ1) is 23.3. The van der Waals surface area contributed by atoms with Crippen LogP contribution in [0.15, 0.2) is 59.5 Å². The van der Waals surface area contributed by atoms with E-state index in [0.717, 1.165) is 12.8 Å². The first-order valence-corrected chi connectivity index (χ1v) is 13.3. The molecule has 0 aliphatic heterocycles. The summed E-state index contributed by atoms with van der Waals surface area (Å²) in [5.74, 6) is -0.125. The SMILES string of the molecule is O=S(=O)(CC1CC1)c1ccc(C(CO)c2nc3c(Cl)c(-c4ccccc4F)c(Cl)cc3[nH]2)cc1. The Morgan fingerprint density at radius 1 is 1.12 bits per heavy atom. The zero-order valence-electron chi connectivity index (χ0n) is 17.9. The highest BCUT2D eigenvalue weighted by molar-refractivity contribution is 7.91. The van der Waals surface area contributed by atoms with Crippen molar-refractivity contribution in [2.45, 2.75) is 23.7 Å². The van der Waals surface area contributed by atoms with Crippen LogP contribution < -0.4 is 0 Å². The summed E-state index contributed by atoms with van der Waals surface area (Å²) in [5, 5.41) is 10.6. The van der Waals surface area contributed by atoms with Crippen molar-refractivity contribution in [3.8, 4) is 11.1 Å². The first-order chi connectivity index (χ1) is 16.3. The fourth-order valence-electron chi connectivity index (χ4n) is 4.12. The van der Waals surface area contributed by atoms with Gasteiger partial charge in [0.05, 0.1) is 38.7 Å². The van der Waals surface area contributed by atoms with E-state index in [9.17, 15) is 17.9 Å². The molecule has 5 rings (SSSR count). The number of H-pyrrole nitrogens is 1. The molecule has 1 heterocycles. The number of halogens is 3. The summed E-state index contributed by atoms with van der Waals surface area (Å²) in [5.41, 5.74) is 2.26. The van der Waals surface area contributed by atoms with Crippen LogP contribution in [0.2, 0.25) is 10.0 Å². The molecule has 0 bridgehead atoms. The predicted molar refractivity (Wildman–Crippen MR) is 132 cm³/mol. The van der Waals surface area contributed by atoms with Crippen molar-refractivity contribution in [3.05, 3.63) is 81.8 Å². The van der Waals surface area contributed by atoms with Gasteiger partial charge in [-0.25, -0.2) is 17.8 Å². The normalized spacial score (nSPS) is 15.1. The van der Waals surface area contributed by atoms with Gasteiger partial charge in [-0.3, -0.25) is 0 Å². The summed E-state index contributed by atoms with van der Waals surface area (Å²) in [6, 6.07) is 14.3. The number of nitrogens with zero attached hydrogens (tertiary/aromatic N) is 1. The highest BCUT2D eigenvalue weighted by Gasteiger charge is 2.29. The molecule has 0 radical (unpaired) electrons. The van der Waals surface area contributed by atoms with Crippen molar-refractivity contribution >= 4 is 44.1 Å². The Morgan fingerprint density at radius 2 is 1.82 bits per heavy atom. The maximum absolute atomic E-state index is 14.4. The van der Waals surface area contributed by atoms with Crippen molar-refractivity contribution in [2.24, 2.45) is 5.92 Å². The first-order valence-electron chi connectivity index (χ1n) is 10.8. The van der Waals surface area contributed by atoms with E-state index in [0.29, 0.717) is 28.0 Å². The van der Waals surface area contributed by atoms with Gasteiger partial charge in [-0.2, -0.15) is 0 Å². The summed E-state index contributed by atoms with van der Waals surface area (Å²) >= 11 is 13.1. The van der Waals surface area contributed by atoms with Gasteiger partial charge in [-0.1, -0.05) is 53.5 Å². The summed E-state index contributed by atoms with van der Waals surface area (Å²) in [7, 11) is -3.33. The van der Waals surface area contributed by atoms with E-state index in [-0.39, 0.29) is 38.8 Å². The fraction of sp³-hybridized carbons (Fsp3) is 0.240. The molecule has 0 amide bonds. The number of benzene rings is 3. The van der Waals surface area contributed by atoms with Crippen molar-refractivity contribution in [1.29, 1.82) is 0 Å². The second-order valence-electron chi connectivity index (χ2n) is 8.57. The fourth-order valence-corrected chi connectivity index (χ4v) is 6.52. The van der Waals surface area contributed by atoms with Gasteiger partial charge in [0.2, 0.25) is 0 Å². The van der Waals surface area contributed by atoms with Crippen LogP contribution in [-0.2, 0) is 9.84 Å². The molecular formula is C25H21Cl2FN2O3S. The van der Waals surface area contributed by atoms with Crippen LogP contribution in [0, 0.1) is 11.7 Å². The molecule has 1 fully saturated rings. The highest BCUT2D eigenvalue weighted by Crippen LogP contribution is 2.41. The predicted octanol–water partition coefficient (Wildman–Crippen LogP) is 5.98. The second kappa shape index (κ2) is 8.96. The van der Waals surface area contributed by atoms with E-state index in [1.54, 1.807) is 48.5 Å². The van der Waals surface area contributed by atoms with Gasteiger partial charge in [0, 0.05) is 11.1 Å². The third-order valence-electron chi connectivity index (χ3n) is 6.14. The van der Waals surface area contributed by atoms with E-state index in [1.807, 2.05) is 0 Å². The molecule has 1 saturated carbocycles. The van der Waals surface area contributed by atoms with Crippen molar-refractivity contribution < 1.29 is 17.9 Å². The monoisotopic (exact) mass is 518 g/mol. The van der Waals surface area contributed by atoms with E-state index < -0.39 is 21.6 Å². The molecular weight excluding hydrogens is 498 g/mol. The van der Waals surface area contributed by atoms with Crippen LogP contribution in [0.3, 0.4) is 0 Å². The Kier molecular flexibility index (Phi) is 6.14. The van der Waals surface area contributed by atoms with Crippen LogP contribution >= 0.6 is 23.2 Å². The number of aliphatic hydroxyl groups is 1. The largest absolute Gasteiger partial charge is 0.395 e. The van der Waals surface area contributed by atoms with Crippen LogP contribution in [0.1, 0.15) is 30.1 Å². The number of aromatic amines is 1. The minimum absolute atomic E-state index is 0.170. The quantitative estimate of drug-likeness (QED) is 0.315. The smallest absolute Gasteiger partial charge is 0.178 e. The van der Waals surface area contributed by atoms with E-state index >= 15 is 0 Å². The zero-order chi connectivity index (χ0) is 24.0. The van der Waals surface area contributed by atoms with Gasteiger partial charge in [-0.05, 0) is 48.6 Å². The minimum atomic E-state index is -3.33. The number of nitrogens with one attached hydrogen (secondary N) is 1. The number of hydrogen-bond acceptors (Lipinski definition) is 4. The van der Waals surface area contributed by atoms with E-state index in [1.165, 1.54) is 6.07 Å². The number of aliphatic hydroxyl groups excluding tert-OH is 1. The Hall–Kier alpha value is -2.45. The molecule has 4 aromatic rings. The lowest BCUT2D eigenvalue weighted by Crippen LogP contribution is -2.10. The summed E-state index contributed by atoms with van der Waals surface area (Å²) < 4.78 is 39.5. The Balaban J connectivity index is 1.52.